The summed E-state index contributed by atoms with van der Waals surface area (Å²) in [5.41, 5.74) is 1.01. The summed E-state index contributed by atoms with van der Waals surface area (Å²) in [5, 5.41) is 4.13. The molecule has 2 atom stereocenters. The summed E-state index contributed by atoms with van der Waals surface area (Å²) in [4.78, 5) is 3.94. The van der Waals surface area contributed by atoms with Crippen molar-refractivity contribution < 1.29 is 0 Å². The van der Waals surface area contributed by atoms with Gasteiger partial charge in [-0.2, -0.15) is 0 Å². The third kappa shape index (κ3) is 1.78. The summed E-state index contributed by atoms with van der Waals surface area (Å²) in [6, 6.07) is 2.52. The molecule has 1 N–H and O–H groups in total. The van der Waals surface area contributed by atoms with Crippen molar-refractivity contribution in [3.8, 4) is 0 Å². The van der Waals surface area contributed by atoms with Gasteiger partial charge in [0, 0.05) is 18.4 Å². The van der Waals surface area contributed by atoms with Crippen LogP contribution in [0.3, 0.4) is 0 Å². The Morgan fingerprint density at radius 1 is 1.54 bits per heavy atom. The maximum absolute atomic E-state index is 5.97. The minimum Gasteiger partial charge on any atom is -0.381 e. The highest BCUT2D eigenvalue weighted by atomic mass is 35.5. The smallest absolute Gasteiger partial charge is 0.0820 e. The summed E-state index contributed by atoms with van der Waals surface area (Å²) in [5.74, 6) is 0.768. The second-order valence-electron chi connectivity index (χ2n) is 3.66. The number of rotatable bonds is 2. The lowest BCUT2D eigenvalue weighted by Gasteiger charge is -2.35. The molecule has 1 aromatic rings. The van der Waals surface area contributed by atoms with Gasteiger partial charge in [0.15, 0.2) is 0 Å². The Morgan fingerprint density at radius 2 is 2.38 bits per heavy atom. The van der Waals surface area contributed by atoms with Gasteiger partial charge in [-0.25, -0.2) is 0 Å². The van der Waals surface area contributed by atoms with Crippen molar-refractivity contribution in [2.24, 2.45) is 5.92 Å². The van der Waals surface area contributed by atoms with E-state index in [2.05, 4.69) is 17.2 Å². The molecule has 13 heavy (non-hydrogen) atoms. The van der Waals surface area contributed by atoms with Gasteiger partial charge in [-0.3, -0.25) is 4.98 Å². The van der Waals surface area contributed by atoms with Crippen LogP contribution in [0.1, 0.15) is 19.8 Å². The summed E-state index contributed by atoms with van der Waals surface area (Å²) >= 11 is 5.97. The molecule has 0 amide bonds. The van der Waals surface area contributed by atoms with Gasteiger partial charge in [-0.15, -0.1) is 0 Å². The lowest BCUT2D eigenvalue weighted by atomic mass is 9.81. The number of hydrogen-bond acceptors (Lipinski definition) is 2. The molecule has 2 unspecified atom stereocenters. The van der Waals surface area contributed by atoms with Gasteiger partial charge in [-0.05, 0) is 24.8 Å². The topological polar surface area (TPSA) is 24.9 Å². The minimum absolute atomic E-state index is 0.597. The zero-order valence-corrected chi connectivity index (χ0v) is 8.38. The second kappa shape index (κ2) is 3.54. The first-order valence-corrected chi connectivity index (χ1v) is 5.01. The van der Waals surface area contributed by atoms with E-state index in [-0.39, 0.29) is 0 Å². The summed E-state index contributed by atoms with van der Waals surface area (Å²) in [6.07, 6.45) is 6.00. The summed E-state index contributed by atoms with van der Waals surface area (Å²) < 4.78 is 0. The van der Waals surface area contributed by atoms with E-state index >= 15 is 0 Å². The van der Waals surface area contributed by atoms with E-state index in [4.69, 9.17) is 11.6 Å². The van der Waals surface area contributed by atoms with Crippen LogP contribution in [-0.4, -0.2) is 11.0 Å². The molecule has 3 heteroatoms. The van der Waals surface area contributed by atoms with Crippen LogP contribution in [0.5, 0.6) is 0 Å². The van der Waals surface area contributed by atoms with Gasteiger partial charge < -0.3 is 5.32 Å². The Kier molecular flexibility index (Phi) is 2.40. The normalized spacial score (nSPS) is 26.6. The van der Waals surface area contributed by atoms with Crippen molar-refractivity contribution in [1.82, 2.24) is 4.98 Å². The standard InChI is InChI=1S/C10H13ClN2/c1-7-2-3-9(7)13-10-4-5-12-6-8(10)11/h4-7,9H,2-3H2,1H3,(H,12,13). The lowest BCUT2D eigenvalue weighted by molar-refractivity contribution is 0.303. The first-order chi connectivity index (χ1) is 6.27. The molecule has 0 spiro atoms. The molecule has 1 heterocycles. The number of nitrogens with one attached hydrogen (secondary N) is 1. The molecular weight excluding hydrogens is 184 g/mol. The van der Waals surface area contributed by atoms with Crippen LogP contribution in [0.2, 0.25) is 5.02 Å². The average Bonchev–Trinajstić information content (AvgIpc) is 2.14. The second-order valence-corrected chi connectivity index (χ2v) is 4.07. The van der Waals surface area contributed by atoms with E-state index in [1.165, 1.54) is 12.8 Å². The lowest BCUT2D eigenvalue weighted by Crippen LogP contribution is -2.36. The zero-order valence-electron chi connectivity index (χ0n) is 7.63. The number of hydrogen-bond donors (Lipinski definition) is 1. The molecule has 2 nitrogen and oxygen atoms in total. The van der Waals surface area contributed by atoms with Crippen LogP contribution in [0.25, 0.3) is 0 Å². The molecule has 1 aliphatic rings. The Bertz CT molecular complexity index is 301. The van der Waals surface area contributed by atoms with E-state index < -0.39 is 0 Å². The first-order valence-electron chi connectivity index (χ1n) is 4.63. The molecule has 0 aliphatic heterocycles. The van der Waals surface area contributed by atoms with Crippen LogP contribution in [0, 0.1) is 5.92 Å². The largest absolute Gasteiger partial charge is 0.381 e. The Morgan fingerprint density at radius 3 is 2.92 bits per heavy atom. The maximum atomic E-state index is 5.97. The maximum Gasteiger partial charge on any atom is 0.0820 e. The minimum atomic E-state index is 0.597. The third-order valence-corrected chi connectivity index (χ3v) is 3.03. The van der Waals surface area contributed by atoms with Gasteiger partial charge in [0.2, 0.25) is 0 Å². The van der Waals surface area contributed by atoms with Crippen LogP contribution in [-0.2, 0) is 0 Å². The quantitative estimate of drug-likeness (QED) is 0.787. The SMILES string of the molecule is CC1CCC1Nc1ccncc1Cl. The van der Waals surface area contributed by atoms with E-state index in [0.29, 0.717) is 11.1 Å². The fourth-order valence-corrected chi connectivity index (χ4v) is 1.75. The number of pyridine rings is 1. The van der Waals surface area contributed by atoms with Crippen molar-refractivity contribution in [1.29, 1.82) is 0 Å². The van der Waals surface area contributed by atoms with Gasteiger partial charge in [0.05, 0.1) is 10.7 Å². The van der Waals surface area contributed by atoms with Crippen molar-refractivity contribution in [3.63, 3.8) is 0 Å². The predicted octanol–water partition coefficient (Wildman–Crippen LogP) is 2.95. The first kappa shape index (κ1) is 8.82. The molecule has 2 rings (SSSR count). The monoisotopic (exact) mass is 196 g/mol. The molecule has 0 radical (unpaired) electrons. The number of halogens is 1. The molecule has 70 valence electrons. The van der Waals surface area contributed by atoms with E-state index in [0.717, 1.165) is 11.6 Å². The fourth-order valence-electron chi connectivity index (χ4n) is 1.57. The predicted molar refractivity (Wildman–Crippen MR) is 55.1 cm³/mol. The van der Waals surface area contributed by atoms with E-state index in [1.807, 2.05) is 6.07 Å². The Labute approximate surface area is 83.3 Å². The van der Waals surface area contributed by atoms with Crippen LogP contribution < -0.4 is 5.32 Å². The molecule has 0 saturated heterocycles. The van der Waals surface area contributed by atoms with Crippen LogP contribution in [0.4, 0.5) is 5.69 Å². The third-order valence-electron chi connectivity index (χ3n) is 2.73. The molecule has 0 aromatic carbocycles. The summed E-state index contributed by atoms with van der Waals surface area (Å²) in [7, 11) is 0. The van der Waals surface area contributed by atoms with E-state index in [1.54, 1.807) is 12.4 Å². The van der Waals surface area contributed by atoms with Gasteiger partial charge in [0.1, 0.15) is 0 Å². The highest BCUT2D eigenvalue weighted by molar-refractivity contribution is 6.33. The number of anilines is 1. The van der Waals surface area contributed by atoms with Crippen molar-refractivity contribution in [2.75, 3.05) is 5.32 Å². The molecule has 1 saturated carbocycles. The number of nitrogens with zero attached hydrogens (tertiary/aromatic N) is 1. The van der Waals surface area contributed by atoms with Crippen molar-refractivity contribution in [3.05, 3.63) is 23.5 Å². The highest BCUT2D eigenvalue weighted by Gasteiger charge is 2.26. The average molecular weight is 197 g/mol. The highest BCUT2D eigenvalue weighted by Crippen LogP contribution is 2.31. The summed E-state index contributed by atoms with van der Waals surface area (Å²) in [6.45, 7) is 2.26. The van der Waals surface area contributed by atoms with Gasteiger partial charge in [-0.1, -0.05) is 18.5 Å². The molecule has 0 bridgehead atoms. The molecule has 1 fully saturated rings. The molecular formula is C10H13ClN2. The zero-order chi connectivity index (χ0) is 9.26. The molecule has 1 aliphatic carbocycles. The Hall–Kier alpha value is -0.760. The van der Waals surface area contributed by atoms with Crippen LogP contribution >= 0.6 is 11.6 Å². The number of aromatic nitrogens is 1. The molecule has 1 aromatic heterocycles. The van der Waals surface area contributed by atoms with Gasteiger partial charge in [0.25, 0.3) is 0 Å². The van der Waals surface area contributed by atoms with E-state index in [9.17, 15) is 0 Å². The van der Waals surface area contributed by atoms with Crippen molar-refractivity contribution >= 4 is 17.3 Å². The fraction of sp³-hybridized carbons (Fsp3) is 0.500. The van der Waals surface area contributed by atoms with Crippen molar-refractivity contribution in [2.45, 2.75) is 25.8 Å². The van der Waals surface area contributed by atoms with Crippen LogP contribution in [0.15, 0.2) is 18.5 Å². The Balaban J connectivity index is 2.05. The van der Waals surface area contributed by atoms with Gasteiger partial charge >= 0.3 is 0 Å².